The van der Waals surface area contributed by atoms with Crippen LogP contribution >= 0.6 is 0 Å². The number of carbonyl (C=O) groups excluding carboxylic acids is 1. The summed E-state index contributed by atoms with van der Waals surface area (Å²) in [5.74, 6) is 2.55. The summed E-state index contributed by atoms with van der Waals surface area (Å²) in [6, 6.07) is 0. The molecule has 0 saturated carbocycles. The Morgan fingerprint density at radius 3 is 2.62 bits per heavy atom. The highest BCUT2D eigenvalue weighted by atomic mass is 32.2. The third-order valence-electron chi connectivity index (χ3n) is 2.61. The molecule has 0 aliphatic carbocycles. The first kappa shape index (κ1) is 13.0. The minimum Gasteiger partial charge on any atom is -0.340 e. The third-order valence-corrected chi connectivity index (χ3v) is 4.45. The lowest BCUT2D eigenvalue weighted by molar-refractivity contribution is -0.122. The van der Waals surface area contributed by atoms with Crippen molar-refractivity contribution < 1.29 is 13.2 Å². The van der Waals surface area contributed by atoms with Gasteiger partial charge in [0.05, 0.1) is 17.0 Å². The molecule has 1 atom stereocenters. The molecule has 1 fully saturated rings. The van der Waals surface area contributed by atoms with Crippen molar-refractivity contribution in [3.05, 3.63) is 0 Å². The molecule has 0 spiro atoms. The first-order chi connectivity index (χ1) is 7.24. The predicted molar refractivity (Wildman–Crippen MR) is 62.4 cm³/mol. The Morgan fingerprint density at radius 2 is 2.19 bits per heavy atom. The second-order valence-corrected chi connectivity index (χ2v) is 7.02. The van der Waals surface area contributed by atoms with Gasteiger partial charge in [-0.2, -0.15) is 0 Å². The average molecular weight is 243 g/mol. The summed E-state index contributed by atoms with van der Waals surface area (Å²) < 4.78 is 22.4. The fourth-order valence-corrected chi connectivity index (χ4v) is 3.59. The highest BCUT2D eigenvalue weighted by Crippen LogP contribution is 2.21. The minimum atomic E-state index is -2.91. The first-order valence-corrected chi connectivity index (χ1v) is 7.05. The molecule has 1 aliphatic rings. The zero-order chi connectivity index (χ0) is 12.4. The quantitative estimate of drug-likeness (QED) is 0.727. The predicted octanol–water partition coefficient (Wildman–Crippen LogP) is 0.339. The molecule has 1 N–H and O–H groups in total. The Kier molecular flexibility index (Phi) is 3.64. The van der Waals surface area contributed by atoms with Crippen molar-refractivity contribution in [2.75, 3.05) is 11.5 Å². The summed E-state index contributed by atoms with van der Waals surface area (Å²) in [6.07, 6.45) is 6.06. The van der Waals surface area contributed by atoms with E-state index in [4.69, 9.17) is 6.42 Å². The molecule has 0 aromatic rings. The van der Waals surface area contributed by atoms with Crippen LogP contribution in [0.25, 0.3) is 0 Å². The molecule has 0 aromatic carbocycles. The normalized spacial score (nSPS) is 23.7. The van der Waals surface area contributed by atoms with E-state index in [1.807, 2.05) is 0 Å². The molecule has 1 amide bonds. The maximum Gasteiger partial charge on any atom is 0.221 e. The minimum absolute atomic E-state index is 0.0569. The van der Waals surface area contributed by atoms with E-state index < -0.39 is 15.4 Å². The summed E-state index contributed by atoms with van der Waals surface area (Å²) >= 11 is 0. The molecule has 16 heavy (non-hydrogen) atoms. The van der Waals surface area contributed by atoms with Crippen LogP contribution in [-0.4, -0.2) is 31.4 Å². The smallest absolute Gasteiger partial charge is 0.221 e. The summed E-state index contributed by atoms with van der Waals surface area (Å²) in [6.45, 7) is 3.46. The van der Waals surface area contributed by atoms with Crippen LogP contribution in [0.3, 0.4) is 0 Å². The molecule has 1 unspecified atom stereocenters. The van der Waals surface area contributed by atoms with Gasteiger partial charge in [-0.15, -0.1) is 6.42 Å². The van der Waals surface area contributed by atoms with Crippen molar-refractivity contribution >= 4 is 15.7 Å². The van der Waals surface area contributed by atoms with Gasteiger partial charge in [0.25, 0.3) is 0 Å². The van der Waals surface area contributed by atoms with Gasteiger partial charge in [0.1, 0.15) is 0 Å². The molecule has 0 radical (unpaired) electrons. The fraction of sp³-hybridized carbons (Fsp3) is 0.727. The van der Waals surface area contributed by atoms with E-state index in [9.17, 15) is 13.2 Å². The Hall–Kier alpha value is -1.02. The molecule has 1 aliphatic heterocycles. The van der Waals surface area contributed by atoms with Crippen LogP contribution in [0.15, 0.2) is 0 Å². The number of sulfone groups is 1. The lowest BCUT2D eigenvalue weighted by Gasteiger charge is -2.20. The molecule has 1 rings (SSSR count). The van der Waals surface area contributed by atoms with E-state index in [1.54, 1.807) is 13.8 Å². The maximum atomic E-state index is 11.6. The highest BCUT2D eigenvalue weighted by molar-refractivity contribution is 7.91. The van der Waals surface area contributed by atoms with Gasteiger partial charge in [0.2, 0.25) is 5.91 Å². The average Bonchev–Trinajstić information content (AvgIpc) is 2.44. The second-order valence-electron chi connectivity index (χ2n) is 4.79. The number of terminal acetylenes is 1. The van der Waals surface area contributed by atoms with E-state index in [2.05, 4.69) is 11.2 Å². The summed E-state index contributed by atoms with van der Waals surface area (Å²) in [5, 5.41) is 2.69. The molecule has 90 valence electrons. The molecule has 1 heterocycles. The van der Waals surface area contributed by atoms with Crippen LogP contribution < -0.4 is 5.32 Å². The monoisotopic (exact) mass is 243 g/mol. The van der Waals surface area contributed by atoms with Gasteiger partial charge in [-0.05, 0) is 26.2 Å². The number of nitrogens with one attached hydrogen (secondary N) is 1. The molecular weight excluding hydrogens is 226 g/mol. The number of hydrogen-bond donors (Lipinski definition) is 1. The standard InChI is InChI=1S/C11H17NO3S/c1-4-11(2,3)12-10(13)7-9-5-6-16(14,15)8-9/h1,9H,5-8H2,2-3H3,(H,12,13). The van der Waals surface area contributed by atoms with Crippen LogP contribution in [0.1, 0.15) is 26.7 Å². The second kappa shape index (κ2) is 4.46. The lowest BCUT2D eigenvalue weighted by atomic mass is 10.0. The van der Waals surface area contributed by atoms with Crippen LogP contribution in [0.2, 0.25) is 0 Å². The molecule has 0 bridgehead atoms. The number of amides is 1. The van der Waals surface area contributed by atoms with E-state index >= 15 is 0 Å². The van der Waals surface area contributed by atoms with Crippen molar-refractivity contribution in [2.24, 2.45) is 5.92 Å². The topological polar surface area (TPSA) is 63.2 Å². The zero-order valence-corrected chi connectivity index (χ0v) is 10.4. The van der Waals surface area contributed by atoms with Crippen molar-refractivity contribution in [3.63, 3.8) is 0 Å². The maximum absolute atomic E-state index is 11.6. The van der Waals surface area contributed by atoms with Crippen LogP contribution in [0, 0.1) is 18.3 Å². The number of carbonyl (C=O) groups is 1. The van der Waals surface area contributed by atoms with Crippen molar-refractivity contribution in [3.8, 4) is 12.3 Å². The summed E-state index contributed by atoms with van der Waals surface area (Å²) in [7, 11) is -2.91. The van der Waals surface area contributed by atoms with Gasteiger partial charge in [-0.25, -0.2) is 8.42 Å². The Morgan fingerprint density at radius 1 is 1.56 bits per heavy atom. The van der Waals surface area contributed by atoms with Crippen molar-refractivity contribution in [1.29, 1.82) is 0 Å². The highest BCUT2D eigenvalue weighted by Gasteiger charge is 2.30. The first-order valence-electron chi connectivity index (χ1n) is 5.23. The van der Waals surface area contributed by atoms with Crippen molar-refractivity contribution in [2.45, 2.75) is 32.2 Å². The Labute approximate surface area is 96.7 Å². The molecule has 5 heteroatoms. The Balaban J connectivity index is 2.46. The van der Waals surface area contributed by atoms with E-state index in [0.29, 0.717) is 6.42 Å². The number of hydrogen-bond acceptors (Lipinski definition) is 3. The number of rotatable bonds is 3. The lowest BCUT2D eigenvalue weighted by Crippen LogP contribution is -2.42. The van der Waals surface area contributed by atoms with E-state index in [0.717, 1.165) is 0 Å². The van der Waals surface area contributed by atoms with Gasteiger partial charge in [0.15, 0.2) is 9.84 Å². The summed E-state index contributed by atoms with van der Waals surface area (Å²) in [5.41, 5.74) is -0.672. The van der Waals surface area contributed by atoms with Crippen LogP contribution in [-0.2, 0) is 14.6 Å². The third kappa shape index (κ3) is 3.86. The Bertz CT molecular complexity index is 417. The molecular formula is C11H17NO3S. The largest absolute Gasteiger partial charge is 0.340 e. The molecule has 0 aromatic heterocycles. The molecule has 1 saturated heterocycles. The van der Waals surface area contributed by atoms with Gasteiger partial charge >= 0.3 is 0 Å². The van der Waals surface area contributed by atoms with Gasteiger partial charge in [-0.3, -0.25) is 4.79 Å². The van der Waals surface area contributed by atoms with Crippen molar-refractivity contribution in [1.82, 2.24) is 5.32 Å². The van der Waals surface area contributed by atoms with Gasteiger partial charge in [0, 0.05) is 6.42 Å². The zero-order valence-electron chi connectivity index (χ0n) is 9.62. The summed E-state index contributed by atoms with van der Waals surface area (Å²) in [4.78, 5) is 11.6. The molecule has 4 nitrogen and oxygen atoms in total. The SMILES string of the molecule is C#CC(C)(C)NC(=O)CC1CCS(=O)(=O)C1. The van der Waals surface area contributed by atoms with Gasteiger partial charge < -0.3 is 5.32 Å². The van der Waals surface area contributed by atoms with Gasteiger partial charge in [-0.1, -0.05) is 5.92 Å². The van der Waals surface area contributed by atoms with E-state index in [1.165, 1.54) is 0 Å². The fourth-order valence-electron chi connectivity index (χ4n) is 1.73. The van der Waals surface area contributed by atoms with Crippen LogP contribution in [0.4, 0.5) is 0 Å². The van der Waals surface area contributed by atoms with E-state index in [-0.39, 0.29) is 29.8 Å². The van der Waals surface area contributed by atoms with Crippen LogP contribution in [0.5, 0.6) is 0 Å².